The Hall–Kier alpha value is -2.58. The van der Waals surface area contributed by atoms with Crippen molar-refractivity contribution in [3.8, 4) is 11.5 Å². The van der Waals surface area contributed by atoms with Crippen LogP contribution in [0.3, 0.4) is 0 Å². The molecule has 0 aromatic heterocycles. The summed E-state index contributed by atoms with van der Waals surface area (Å²) in [7, 11) is -0.705. The van der Waals surface area contributed by atoms with Crippen LogP contribution in [0.4, 0.5) is 5.69 Å². The fourth-order valence-electron chi connectivity index (χ4n) is 3.35. The molecule has 0 unspecified atom stereocenters. The van der Waals surface area contributed by atoms with Gasteiger partial charge in [0.05, 0.1) is 24.7 Å². The molecule has 0 spiro atoms. The van der Waals surface area contributed by atoms with E-state index in [1.807, 2.05) is 6.92 Å². The SMILES string of the molecule is COc1cccc(OC)c1CNS(=O)(=O)c1ccc(N2CCCC2=O)c(C)c1. The van der Waals surface area contributed by atoms with Crippen LogP contribution in [-0.2, 0) is 21.4 Å². The monoisotopic (exact) mass is 404 g/mol. The number of nitrogens with one attached hydrogen (secondary N) is 1. The lowest BCUT2D eigenvalue weighted by molar-refractivity contribution is -0.117. The van der Waals surface area contributed by atoms with Gasteiger partial charge < -0.3 is 14.4 Å². The Bertz CT molecular complexity index is 966. The first-order valence-electron chi connectivity index (χ1n) is 8.98. The molecule has 150 valence electrons. The summed E-state index contributed by atoms with van der Waals surface area (Å²) in [5, 5.41) is 0. The summed E-state index contributed by atoms with van der Waals surface area (Å²) in [5.74, 6) is 1.15. The molecule has 0 radical (unpaired) electrons. The van der Waals surface area contributed by atoms with Crippen LogP contribution in [0.1, 0.15) is 24.0 Å². The van der Waals surface area contributed by atoms with Gasteiger partial charge in [-0.25, -0.2) is 13.1 Å². The molecule has 2 aromatic rings. The molecule has 7 nitrogen and oxygen atoms in total. The first-order chi connectivity index (χ1) is 13.4. The lowest BCUT2D eigenvalue weighted by Gasteiger charge is -2.19. The number of hydrogen-bond acceptors (Lipinski definition) is 5. The number of ether oxygens (including phenoxy) is 2. The van der Waals surface area contributed by atoms with E-state index >= 15 is 0 Å². The summed E-state index contributed by atoms with van der Waals surface area (Å²) in [6.07, 6.45) is 1.35. The zero-order valence-corrected chi connectivity index (χ0v) is 17.0. The Balaban J connectivity index is 1.82. The zero-order valence-electron chi connectivity index (χ0n) is 16.2. The van der Waals surface area contributed by atoms with Gasteiger partial charge in [0.1, 0.15) is 11.5 Å². The average Bonchev–Trinajstić information content (AvgIpc) is 3.11. The third kappa shape index (κ3) is 3.98. The largest absolute Gasteiger partial charge is 0.496 e. The number of aryl methyl sites for hydroxylation is 1. The Kier molecular flexibility index (Phi) is 5.90. The quantitative estimate of drug-likeness (QED) is 0.767. The van der Waals surface area contributed by atoms with Crippen molar-refractivity contribution in [3.63, 3.8) is 0 Å². The van der Waals surface area contributed by atoms with Crippen LogP contribution in [0.25, 0.3) is 0 Å². The molecule has 8 heteroatoms. The number of methoxy groups -OCH3 is 2. The molecule has 1 heterocycles. The van der Waals surface area contributed by atoms with E-state index < -0.39 is 10.0 Å². The van der Waals surface area contributed by atoms with Crippen molar-refractivity contribution < 1.29 is 22.7 Å². The topological polar surface area (TPSA) is 84.9 Å². The minimum Gasteiger partial charge on any atom is -0.496 e. The van der Waals surface area contributed by atoms with Crippen molar-refractivity contribution in [1.82, 2.24) is 4.72 Å². The first-order valence-corrected chi connectivity index (χ1v) is 10.5. The van der Waals surface area contributed by atoms with Gasteiger partial charge in [0.25, 0.3) is 0 Å². The molecule has 1 amide bonds. The molecular weight excluding hydrogens is 380 g/mol. The van der Waals surface area contributed by atoms with Crippen LogP contribution >= 0.6 is 0 Å². The number of rotatable bonds is 7. The number of carbonyl (C=O) groups is 1. The van der Waals surface area contributed by atoms with Crippen molar-refractivity contribution in [3.05, 3.63) is 47.5 Å². The third-order valence-corrected chi connectivity index (χ3v) is 6.21. The van der Waals surface area contributed by atoms with E-state index in [0.717, 1.165) is 17.7 Å². The maximum Gasteiger partial charge on any atom is 0.240 e. The summed E-state index contributed by atoms with van der Waals surface area (Å²) in [6, 6.07) is 10.1. The maximum absolute atomic E-state index is 12.8. The number of benzene rings is 2. The van der Waals surface area contributed by atoms with Crippen molar-refractivity contribution in [1.29, 1.82) is 0 Å². The first kappa shape index (κ1) is 20.2. The summed E-state index contributed by atoms with van der Waals surface area (Å²) >= 11 is 0. The van der Waals surface area contributed by atoms with E-state index in [0.29, 0.717) is 30.0 Å². The Morgan fingerprint density at radius 3 is 2.32 bits per heavy atom. The summed E-state index contributed by atoms with van der Waals surface area (Å²) < 4.78 is 38.8. The standard InChI is InChI=1S/C20H24N2O5S/c1-14-12-15(9-10-17(14)22-11-5-8-20(22)23)28(24,25)21-13-16-18(26-2)6-4-7-19(16)27-3/h4,6-7,9-10,12,21H,5,8,11,13H2,1-3H3. The van der Waals surface area contributed by atoms with Crippen LogP contribution in [0.5, 0.6) is 11.5 Å². The van der Waals surface area contributed by atoms with Crippen LogP contribution in [0.2, 0.25) is 0 Å². The molecule has 1 aliphatic heterocycles. The molecule has 28 heavy (non-hydrogen) atoms. The van der Waals surface area contributed by atoms with Gasteiger partial charge in [-0.2, -0.15) is 0 Å². The average molecular weight is 404 g/mol. The fraction of sp³-hybridized carbons (Fsp3) is 0.350. The van der Waals surface area contributed by atoms with Gasteiger partial charge in [0.2, 0.25) is 15.9 Å². The van der Waals surface area contributed by atoms with Crippen LogP contribution in [-0.4, -0.2) is 35.1 Å². The zero-order chi connectivity index (χ0) is 20.3. The number of hydrogen-bond donors (Lipinski definition) is 1. The van der Waals surface area contributed by atoms with E-state index in [2.05, 4.69) is 4.72 Å². The summed E-state index contributed by atoms with van der Waals surface area (Å²) in [6.45, 7) is 2.50. The molecule has 1 fully saturated rings. The third-order valence-electron chi connectivity index (χ3n) is 4.81. The molecule has 1 N–H and O–H groups in total. The van der Waals surface area contributed by atoms with Crippen LogP contribution < -0.4 is 19.1 Å². The molecule has 0 aliphatic carbocycles. The van der Waals surface area contributed by atoms with E-state index in [-0.39, 0.29) is 17.3 Å². The minimum atomic E-state index is -3.75. The predicted molar refractivity (Wildman–Crippen MR) is 106 cm³/mol. The molecule has 3 rings (SSSR count). The highest BCUT2D eigenvalue weighted by atomic mass is 32.2. The number of carbonyl (C=O) groups excluding carboxylic acids is 1. The normalized spacial score (nSPS) is 14.4. The summed E-state index contributed by atoms with van der Waals surface area (Å²) in [5.41, 5.74) is 2.12. The smallest absolute Gasteiger partial charge is 0.240 e. The number of anilines is 1. The highest BCUT2D eigenvalue weighted by Gasteiger charge is 2.24. The predicted octanol–water partition coefficient (Wildman–Crippen LogP) is 2.62. The Labute approximate surface area is 165 Å². The number of sulfonamides is 1. The fourth-order valence-corrected chi connectivity index (χ4v) is 4.43. The highest BCUT2D eigenvalue weighted by Crippen LogP contribution is 2.30. The molecule has 1 aliphatic rings. The second kappa shape index (κ2) is 8.20. The van der Waals surface area contributed by atoms with Crippen molar-refractivity contribution in [2.45, 2.75) is 31.2 Å². The number of nitrogens with zero attached hydrogens (tertiary/aromatic N) is 1. The highest BCUT2D eigenvalue weighted by molar-refractivity contribution is 7.89. The van der Waals surface area contributed by atoms with Gasteiger partial charge in [0.15, 0.2) is 0 Å². The second-order valence-electron chi connectivity index (χ2n) is 6.56. The molecule has 0 atom stereocenters. The molecule has 2 aromatic carbocycles. The molecule has 0 saturated carbocycles. The molecule has 0 bridgehead atoms. The Morgan fingerprint density at radius 2 is 1.79 bits per heavy atom. The van der Waals surface area contributed by atoms with E-state index in [9.17, 15) is 13.2 Å². The van der Waals surface area contributed by atoms with Gasteiger partial charge in [-0.15, -0.1) is 0 Å². The lowest BCUT2D eigenvalue weighted by Crippen LogP contribution is -2.26. The maximum atomic E-state index is 12.8. The number of amides is 1. The van der Waals surface area contributed by atoms with E-state index in [1.165, 1.54) is 20.3 Å². The molecular formula is C20H24N2O5S. The van der Waals surface area contributed by atoms with Crippen LogP contribution in [0, 0.1) is 6.92 Å². The Morgan fingerprint density at radius 1 is 1.11 bits per heavy atom. The van der Waals surface area contributed by atoms with Gasteiger partial charge >= 0.3 is 0 Å². The van der Waals surface area contributed by atoms with Gasteiger partial charge in [-0.1, -0.05) is 6.07 Å². The van der Waals surface area contributed by atoms with Crippen LogP contribution in [0.15, 0.2) is 41.3 Å². The minimum absolute atomic E-state index is 0.0287. The van der Waals surface area contributed by atoms with Crippen molar-refractivity contribution in [2.24, 2.45) is 0 Å². The molecule has 1 saturated heterocycles. The lowest BCUT2D eigenvalue weighted by atomic mass is 10.2. The second-order valence-corrected chi connectivity index (χ2v) is 8.33. The van der Waals surface area contributed by atoms with Gasteiger partial charge in [0, 0.05) is 25.2 Å². The summed E-state index contributed by atoms with van der Waals surface area (Å²) in [4.78, 5) is 13.8. The van der Waals surface area contributed by atoms with Gasteiger partial charge in [-0.3, -0.25) is 4.79 Å². The van der Waals surface area contributed by atoms with E-state index in [4.69, 9.17) is 9.47 Å². The van der Waals surface area contributed by atoms with Gasteiger partial charge in [-0.05, 0) is 49.2 Å². The van der Waals surface area contributed by atoms with Crippen molar-refractivity contribution in [2.75, 3.05) is 25.7 Å². The van der Waals surface area contributed by atoms with Crippen molar-refractivity contribution >= 4 is 21.6 Å². The van der Waals surface area contributed by atoms with E-state index in [1.54, 1.807) is 35.2 Å².